The lowest BCUT2D eigenvalue weighted by atomic mass is 9.44. The fourth-order valence-electron chi connectivity index (χ4n) is 10.7. The molecule has 0 radical (unpaired) electrons. The van der Waals surface area contributed by atoms with E-state index < -0.39 is 0 Å². The Bertz CT molecular complexity index is 1050. The summed E-state index contributed by atoms with van der Waals surface area (Å²) < 4.78 is 11.8. The molecular formula is C37H60N2O3. The van der Waals surface area contributed by atoms with Crippen LogP contribution in [0.15, 0.2) is 18.2 Å². The van der Waals surface area contributed by atoms with Gasteiger partial charge in [0.05, 0.1) is 24.9 Å². The van der Waals surface area contributed by atoms with Gasteiger partial charge in [0.1, 0.15) is 0 Å². The summed E-state index contributed by atoms with van der Waals surface area (Å²) in [4.78, 5) is 12.4. The molecule has 0 saturated heterocycles. The number of benzene rings is 1. The van der Waals surface area contributed by atoms with Crippen molar-refractivity contribution in [3.63, 3.8) is 0 Å². The Morgan fingerprint density at radius 1 is 0.857 bits per heavy atom. The monoisotopic (exact) mass is 580 g/mol. The van der Waals surface area contributed by atoms with E-state index in [-0.39, 0.29) is 5.97 Å². The minimum absolute atomic E-state index is 0.348. The largest absolute Gasteiger partial charge is 0.462 e. The molecule has 0 heterocycles. The smallest absolute Gasteiger partial charge is 0.338 e. The van der Waals surface area contributed by atoms with E-state index in [0.29, 0.717) is 53.5 Å². The molecule has 1 aromatic carbocycles. The van der Waals surface area contributed by atoms with Gasteiger partial charge in [-0.25, -0.2) is 4.79 Å². The molecule has 0 bridgehead atoms. The Hall–Kier alpha value is -1.75. The molecule has 4 aliphatic carbocycles. The van der Waals surface area contributed by atoms with Gasteiger partial charge in [-0.1, -0.05) is 53.9 Å². The fourth-order valence-corrected chi connectivity index (χ4v) is 10.7. The predicted molar refractivity (Wildman–Crippen MR) is 173 cm³/mol. The van der Waals surface area contributed by atoms with Gasteiger partial charge in [-0.05, 0) is 128 Å². The molecule has 4 aliphatic rings. The fraction of sp³-hybridized carbons (Fsp3) is 0.811. The average molecular weight is 581 g/mol. The molecule has 5 nitrogen and oxygen atoms in total. The van der Waals surface area contributed by atoms with Crippen LogP contribution in [-0.2, 0) is 9.47 Å². The molecule has 0 spiro atoms. The van der Waals surface area contributed by atoms with Crippen molar-refractivity contribution in [3.8, 4) is 0 Å². The molecule has 9 atom stereocenters. The highest BCUT2D eigenvalue weighted by Crippen LogP contribution is 2.68. The number of rotatable bonds is 11. The summed E-state index contributed by atoms with van der Waals surface area (Å²) in [6.45, 7) is 13.7. The molecule has 5 heteroatoms. The van der Waals surface area contributed by atoms with Crippen LogP contribution in [0.5, 0.6) is 0 Å². The predicted octanol–water partition coefficient (Wildman–Crippen LogP) is 8.90. The molecule has 5 rings (SSSR count). The van der Waals surface area contributed by atoms with Crippen molar-refractivity contribution in [2.45, 2.75) is 124 Å². The Morgan fingerprint density at radius 2 is 1.57 bits per heavy atom. The third kappa shape index (κ3) is 6.52. The van der Waals surface area contributed by atoms with Crippen LogP contribution in [0.1, 0.15) is 128 Å². The highest BCUT2D eigenvalue weighted by Gasteiger charge is 2.60. The number of carbonyl (C=O) groups is 1. The Balaban J connectivity index is 1.08. The van der Waals surface area contributed by atoms with Gasteiger partial charge >= 0.3 is 5.97 Å². The zero-order valence-electron chi connectivity index (χ0n) is 27.3. The standard InChI is InChI=1S/C37H60N2O3/c1-24(2)8-6-9-25(3)32-12-13-33-31-11-10-27-22-30(14-16-36(27,4)34(31)15-17-37(32,33)5)41-18-7-19-42-35(40)26-20-28(38)23-29(39)21-26/h20-21,23-25,27,30-34H,6-19,22,38-39H2,1-5H3. The molecule has 9 unspecified atom stereocenters. The maximum absolute atomic E-state index is 12.4. The summed E-state index contributed by atoms with van der Waals surface area (Å²) in [6, 6.07) is 4.85. The Labute approximate surface area is 256 Å². The SMILES string of the molecule is CC(C)CCCC(C)C1CCC2C3CCC4CC(OCCCOC(=O)c5cc(N)cc(N)c5)CCC4(C)C3CCC12C. The van der Waals surface area contributed by atoms with E-state index in [4.69, 9.17) is 20.9 Å². The number of fused-ring (bicyclic) bond motifs is 5. The normalized spacial score (nSPS) is 36.6. The second kappa shape index (κ2) is 13.1. The number of nitrogen functional groups attached to an aromatic ring is 2. The van der Waals surface area contributed by atoms with Crippen LogP contribution in [0.3, 0.4) is 0 Å². The third-order valence-electron chi connectivity index (χ3n) is 12.9. The summed E-state index contributed by atoms with van der Waals surface area (Å²) in [6.07, 6.45) is 17.7. The lowest BCUT2D eigenvalue weighted by molar-refractivity contribution is -0.137. The van der Waals surface area contributed by atoms with Crippen LogP contribution in [0, 0.1) is 52.3 Å². The number of hydrogen-bond acceptors (Lipinski definition) is 5. The highest BCUT2D eigenvalue weighted by molar-refractivity contribution is 5.91. The molecule has 0 amide bonds. The minimum atomic E-state index is -0.378. The van der Waals surface area contributed by atoms with Crippen LogP contribution in [-0.4, -0.2) is 25.3 Å². The zero-order chi connectivity index (χ0) is 30.1. The van der Waals surface area contributed by atoms with E-state index in [1.54, 1.807) is 18.2 Å². The van der Waals surface area contributed by atoms with Crippen LogP contribution >= 0.6 is 0 Å². The number of esters is 1. The molecule has 1 aromatic rings. The first-order chi connectivity index (χ1) is 20.0. The van der Waals surface area contributed by atoms with Crippen molar-refractivity contribution in [3.05, 3.63) is 23.8 Å². The quantitative estimate of drug-likeness (QED) is 0.155. The summed E-state index contributed by atoms with van der Waals surface area (Å²) in [5.74, 6) is 5.88. The molecule has 4 fully saturated rings. The van der Waals surface area contributed by atoms with Crippen molar-refractivity contribution >= 4 is 17.3 Å². The maximum Gasteiger partial charge on any atom is 0.338 e. The molecule has 0 aromatic heterocycles. The van der Waals surface area contributed by atoms with E-state index in [2.05, 4.69) is 34.6 Å². The lowest BCUT2D eigenvalue weighted by Crippen LogP contribution is -2.54. The van der Waals surface area contributed by atoms with Gasteiger partial charge in [-0.2, -0.15) is 0 Å². The molecular weight excluding hydrogens is 520 g/mol. The van der Waals surface area contributed by atoms with Gasteiger partial charge in [0.15, 0.2) is 0 Å². The van der Waals surface area contributed by atoms with E-state index in [0.717, 1.165) is 41.4 Å². The van der Waals surface area contributed by atoms with E-state index in [1.165, 1.54) is 77.0 Å². The highest BCUT2D eigenvalue weighted by atomic mass is 16.5. The molecule has 42 heavy (non-hydrogen) atoms. The van der Waals surface area contributed by atoms with Crippen LogP contribution in [0.4, 0.5) is 11.4 Å². The second-order valence-corrected chi connectivity index (χ2v) is 15.8. The number of nitrogens with two attached hydrogens (primary N) is 2. The summed E-state index contributed by atoms with van der Waals surface area (Å²) in [5, 5.41) is 0. The number of hydrogen-bond donors (Lipinski definition) is 2. The summed E-state index contributed by atoms with van der Waals surface area (Å²) in [7, 11) is 0. The lowest BCUT2D eigenvalue weighted by Gasteiger charge is -2.61. The molecule has 0 aliphatic heterocycles. The van der Waals surface area contributed by atoms with E-state index >= 15 is 0 Å². The van der Waals surface area contributed by atoms with Crippen molar-refractivity contribution in [1.29, 1.82) is 0 Å². The Kier molecular flexibility index (Phi) is 9.87. The number of carbonyl (C=O) groups excluding carboxylic acids is 1. The first-order valence-electron chi connectivity index (χ1n) is 17.5. The maximum atomic E-state index is 12.4. The van der Waals surface area contributed by atoms with Crippen LogP contribution in [0.25, 0.3) is 0 Å². The van der Waals surface area contributed by atoms with Gasteiger partial charge < -0.3 is 20.9 Å². The van der Waals surface area contributed by atoms with E-state index in [1.807, 2.05) is 0 Å². The first-order valence-corrected chi connectivity index (χ1v) is 17.5. The van der Waals surface area contributed by atoms with Crippen molar-refractivity contribution < 1.29 is 14.3 Å². The van der Waals surface area contributed by atoms with Gasteiger partial charge in [0.2, 0.25) is 0 Å². The van der Waals surface area contributed by atoms with Gasteiger partial charge in [0, 0.05) is 17.8 Å². The Morgan fingerprint density at radius 3 is 2.31 bits per heavy atom. The van der Waals surface area contributed by atoms with E-state index in [9.17, 15) is 4.79 Å². The average Bonchev–Trinajstić information content (AvgIpc) is 3.29. The van der Waals surface area contributed by atoms with Gasteiger partial charge in [-0.15, -0.1) is 0 Å². The van der Waals surface area contributed by atoms with Gasteiger partial charge in [-0.3, -0.25) is 0 Å². The topological polar surface area (TPSA) is 87.6 Å². The molecule has 4 saturated carbocycles. The van der Waals surface area contributed by atoms with Crippen molar-refractivity contribution in [2.75, 3.05) is 24.7 Å². The van der Waals surface area contributed by atoms with Crippen molar-refractivity contribution in [1.82, 2.24) is 0 Å². The summed E-state index contributed by atoms with van der Waals surface area (Å²) >= 11 is 0. The van der Waals surface area contributed by atoms with Crippen LogP contribution < -0.4 is 11.5 Å². The third-order valence-corrected chi connectivity index (χ3v) is 12.9. The van der Waals surface area contributed by atoms with Gasteiger partial charge in [0.25, 0.3) is 0 Å². The summed E-state index contributed by atoms with van der Waals surface area (Å²) in [5.41, 5.74) is 14.0. The second-order valence-electron chi connectivity index (χ2n) is 15.8. The number of anilines is 2. The molecule has 236 valence electrons. The first kappa shape index (κ1) is 31.7. The minimum Gasteiger partial charge on any atom is -0.462 e. The zero-order valence-corrected chi connectivity index (χ0v) is 27.3. The number of ether oxygens (including phenoxy) is 2. The molecule has 4 N–H and O–H groups in total. The van der Waals surface area contributed by atoms with Crippen LogP contribution in [0.2, 0.25) is 0 Å². The van der Waals surface area contributed by atoms with Crippen molar-refractivity contribution in [2.24, 2.45) is 52.3 Å².